The van der Waals surface area contributed by atoms with E-state index in [4.69, 9.17) is 0 Å². The molecule has 0 N–H and O–H groups in total. The fourth-order valence-corrected chi connectivity index (χ4v) is 14.1. The van der Waals surface area contributed by atoms with Gasteiger partial charge in [0, 0.05) is 52.4 Å². The molecule has 0 atom stereocenters. The van der Waals surface area contributed by atoms with Gasteiger partial charge in [-0.1, -0.05) is 55.4 Å². The first-order valence-corrected chi connectivity index (χ1v) is 18.3. The smallest absolute Gasteiger partial charge is 0.267 e. The zero-order valence-electron chi connectivity index (χ0n) is 27.0. The van der Waals surface area contributed by atoms with Crippen molar-refractivity contribution in [1.82, 2.24) is 18.7 Å². The van der Waals surface area contributed by atoms with Crippen LogP contribution in [0.4, 0.5) is 8.78 Å². The summed E-state index contributed by atoms with van der Waals surface area (Å²) in [6.07, 6.45) is -0.476. The number of hydrogen-bond donors (Lipinski definition) is 0. The van der Waals surface area contributed by atoms with Crippen molar-refractivity contribution in [1.29, 1.82) is 0 Å². The molecule has 0 amide bonds. The summed E-state index contributed by atoms with van der Waals surface area (Å²) in [5.41, 5.74) is 0. The minimum atomic E-state index is -1.97. The first kappa shape index (κ1) is 46.6. The van der Waals surface area contributed by atoms with Crippen molar-refractivity contribution in [2.24, 2.45) is 0 Å². The van der Waals surface area contributed by atoms with Gasteiger partial charge in [0.1, 0.15) is 26.2 Å². The molecule has 0 bridgehead atoms. The maximum absolute atomic E-state index is 14.1. The molecule has 0 heterocycles. The van der Waals surface area contributed by atoms with Crippen molar-refractivity contribution in [2.45, 2.75) is 83.1 Å². The van der Waals surface area contributed by atoms with Crippen LogP contribution in [0.2, 0.25) is 0 Å². The molecule has 0 rings (SSSR count). The highest BCUT2D eigenvalue weighted by Gasteiger charge is 2.41. The number of alkyl halides is 2. The lowest BCUT2D eigenvalue weighted by atomic mass is 10.7. The highest BCUT2D eigenvalue weighted by atomic mass is 127. The Morgan fingerprint density at radius 1 is 0.395 bits per heavy atom. The maximum atomic E-state index is 14.1. The molecule has 6 nitrogen and oxygen atoms in total. The van der Waals surface area contributed by atoms with Crippen LogP contribution in [0.25, 0.3) is 0 Å². The van der Waals surface area contributed by atoms with Crippen LogP contribution in [-0.4, -0.2) is 119 Å². The van der Waals surface area contributed by atoms with Crippen molar-refractivity contribution >= 4 is 14.7 Å². The van der Waals surface area contributed by atoms with Crippen LogP contribution in [0, 0.1) is 0 Å². The number of rotatable bonds is 18. The van der Waals surface area contributed by atoms with Crippen LogP contribution in [0.5, 0.6) is 0 Å². The van der Waals surface area contributed by atoms with E-state index in [2.05, 4.69) is 110 Å². The maximum Gasteiger partial charge on any atom is 0.267 e. The van der Waals surface area contributed by atoms with Crippen LogP contribution in [0.1, 0.15) is 83.1 Å². The summed E-state index contributed by atoms with van der Waals surface area (Å²) < 4.78 is 42.3. The minimum Gasteiger partial charge on any atom is -1.00 e. The quantitative estimate of drug-likeness (QED) is 0.154. The minimum absolute atomic E-state index is 0. The molecule has 0 saturated heterocycles. The van der Waals surface area contributed by atoms with Crippen molar-refractivity contribution in [3.63, 3.8) is 0 Å². The van der Waals surface area contributed by atoms with Gasteiger partial charge in [0.2, 0.25) is 0 Å². The zero-order chi connectivity index (χ0) is 28.4. The predicted octanol–water partition coefficient (Wildman–Crippen LogP) is 1.37. The molecule has 0 unspecified atom stereocenters. The van der Waals surface area contributed by atoms with Gasteiger partial charge in [-0.05, 0) is 27.7 Å². The van der Waals surface area contributed by atoms with E-state index in [1.54, 1.807) is 0 Å². The lowest BCUT2D eigenvalue weighted by Crippen LogP contribution is -3.00. The van der Waals surface area contributed by atoms with Gasteiger partial charge in [-0.3, -0.25) is 0 Å². The Balaban J connectivity index is -0.000000289. The third kappa shape index (κ3) is 11.0. The lowest BCUT2D eigenvalue weighted by molar-refractivity contribution is -0.508. The van der Waals surface area contributed by atoms with E-state index in [0.717, 1.165) is 78.5 Å². The molecular formula is C26H64F2I2N6P2. The van der Waals surface area contributed by atoms with Gasteiger partial charge in [0.15, 0.2) is 12.8 Å². The highest BCUT2D eigenvalue weighted by molar-refractivity contribution is 7.59. The van der Waals surface area contributed by atoms with E-state index in [1.165, 1.54) is 0 Å². The summed E-state index contributed by atoms with van der Waals surface area (Å²) in [5, 5.41) is 0. The summed E-state index contributed by atoms with van der Waals surface area (Å²) in [6, 6.07) is 0. The molecule has 0 radical (unpaired) electrons. The van der Waals surface area contributed by atoms with E-state index < -0.39 is 14.7 Å². The first-order chi connectivity index (χ1) is 17.2. The fraction of sp³-hybridized carbons (Fsp3) is 1.00. The van der Waals surface area contributed by atoms with E-state index in [0.29, 0.717) is 0 Å². The average Bonchev–Trinajstić information content (AvgIpc) is 2.91. The second-order valence-electron chi connectivity index (χ2n) is 8.46. The van der Waals surface area contributed by atoms with Gasteiger partial charge in [0.25, 0.3) is 14.7 Å². The summed E-state index contributed by atoms with van der Waals surface area (Å²) in [4.78, 5) is 0. The van der Waals surface area contributed by atoms with Gasteiger partial charge in [-0.25, -0.2) is 36.1 Å². The molecule has 0 aromatic carbocycles. The standard InChI is InChI=1S/2C13H32FN3P.2HI/c2*1-7-15(8-2)18(13-14,16(9-3)10-4)17(11-5)12-6;;/h2*7-13H2,1-6H3;2*1H/q2*+1;;/p-2. The Hall–Kier alpha value is 1.62. The number of nitrogens with zero attached hydrogens (tertiary/aromatic N) is 6. The SMILES string of the molecule is CCN(CC)P(CF)(N(CC)CC)=[N+](CC)CC.CCN(CC)P(CF)(N(CC)CC)=[N+](CC)CC.[I-].[I-]. The fourth-order valence-electron chi connectivity index (χ4n) is 5.59. The van der Waals surface area contributed by atoms with Crippen LogP contribution in [0.3, 0.4) is 0 Å². The summed E-state index contributed by atoms with van der Waals surface area (Å²) >= 11 is 0. The second-order valence-corrected chi connectivity index (χ2v) is 15.1. The first-order valence-electron chi connectivity index (χ1n) is 14.6. The molecule has 0 aromatic rings. The van der Waals surface area contributed by atoms with Crippen LogP contribution in [0.15, 0.2) is 0 Å². The van der Waals surface area contributed by atoms with E-state index in [9.17, 15) is 8.78 Å². The Kier molecular flexibility index (Phi) is 32.2. The normalized spacial score (nSPS) is 11.8. The number of hydrogen-bond acceptors (Lipinski definition) is 0. The second kappa shape index (κ2) is 26.3. The third-order valence-corrected chi connectivity index (χ3v) is 16.9. The molecule has 0 aromatic heterocycles. The molecule has 38 heavy (non-hydrogen) atoms. The van der Waals surface area contributed by atoms with Gasteiger partial charge in [-0.15, -0.1) is 0 Å². The van der Waals surface area contributed by atoms with Gasteiger partial charge in [0.05, 0.1) is 0 Å². The monoisotopic (exact) mass is 814 g/mol. The van der Waals surface area contributed by atoms with E-state index in [-0.39, 0.29) is 60.8 Å². The van der Waals surface area contributed by atoms with Gasteiger partial charge < -0.3 is 48.0 Å². The highest BCUT2D eigenvalue weighted by Crippen LogP contribution is 2.56. The summed E-state index contributed by atoms with van der Waals surface area (Å²) in [5.74, 6) is 0. The average molecular weight is 815 g/mol. The summed E-state index contributed by atoms with van der Waals surface area (Å²) in [6.45, 7) is 36.7. The number of halogens is 4. The Morgan fingerprint density at radius 2 is 0.553 bits per heavy atom. The Morgan fingerprint density at radius 3 is 0.632 bits per heavy atom. The lowest BCUT2D eigenvalue weighted by Gasteiger charge is -2.38. The topological polar surface area (TPSA) is 19.0 Å². The van der Waals surface area contributed by atoms with Crippen LogP contribution < -0.4 is 48.0 Å². The molecule has 0 saturated carbocycles. The molecule has 12 heteroatoms. The largest absolute Gasteiger partial charge is 1.00 e. The van der Waals surface area contributed by atoms with E-state index in [1.807, 2.05) is 0 Å². The van der Waals surface area contributed by atoms with Crippen molar-refractivity contribution < 1.29 is 65.4 Å². The van der Waals surface area contributed by atoms with Crippen molar-refractivity contribution in [3.8, 4) is 0 Å². The molecule has 0 aliphatic heterocycles. The van der Waals surface area contributed by atoms with E-state index >= 15 is 0 Å². The molecule has 0 fully saturated rings. The van der Waals surface area contributed by atoms with Crippen LogP contribution in [-0.2, 0) is 0 Å². The predicted molar refractivity (Wildman–Crippen MR) is 160 cm³/mol. The summed E-state index contributed by atoms with van der Waals surface area (Å²) in [7, 11) is -3.95. The molecular weight excluding hydrogens is 750 g/mol. The Bertz CT molecular complexity index is 570. The molecule has 0 aliphatic rings. The van der Waals surface area contributed by atoms with Gasteiger partial charge >= 0.3 is 0 Å². The Labute approximate surface area is 271 Å². The van der Waals surface area contributed by atoms with Crippen molar-refractivity contribution in [2.75, 3.05) is 91.4 Å². The van der Waals surface area contributed by atoms with Crippen molar-refractivity contribution in [3.05, 3.63) is 0 Å². The van der Waals surface area contributed by atoms with Crippen LogP contribution >= 0.6 is 14.7 Å². The third-order valence-electron chi connectivity index (χ3n) is 7.42. The van der Waals surface area contributed by atoms with Gasteiger partial charge in [-0.2, -0.15) is 0 Å². The molecule has 0 spiro atoms. The zero-order valence-corrected chi connectivity index (χ0v) is 33.1. The molecule has 0 aliphatic carbocycles. The molecule has 236 valence electrons.